The maximum absolute atomic E-state index is 12.8. The Morgan fingerprint density at radius 1 is 1.03 bits per heavy atom. The number of hydrogen-bond acceptors (Lipinski definition) is 4. The molecule has 0 bridgehead atoms. The predicted octanol–water partition coefficient (Wildman–Crippen LogP) is 7.56. The number of nitrogens with zero attached hydrogens (tertiary/aromatic N) is 2. The summed E-state index contributed by atoms with van der Waals surface area (Å²) < 4.78 is 13.7. The second-order valence-electron chi connectivity index (χ2n) is 11.8. The Kier molecular flexibility index (Phi) is 16.4. The van der Waals surface area contributed by atoms with Crippen molar-refractivity contribution in [2.45, 2.75) is 129 Å². The van der Waals surface area contributed by atoms with E-state index >= 15 is 0 Å². The number of pyridine rings is 1. The molecule has 2 heterocycles. The number of carbonyl (C=O) groups is 2. The van der Waals surface area contributed by atoms with E-state index in [9.17, 15) is 9.59 Å². The first-order chi connectivity index (χ1) is 19.0. The number of hydrogen-bond donors (Lipinski definition) is 0. The van der Waals surface area contributed by atoms with Crippen LogP contribution in [0.4, 0.5) is 4.79 Å². The summed E-state index contributed by atoms with van der Waals surface area (Å²) in [4.78, 5) is 26.8. The molecule has 1 aromatic heterocycles. The van der Waals surface area contributed by atoms with Crippen LogP contribution in [0.1, 0.15) is 122 Å². The molecule has 1 amide bonds. The van der Waals surface area contributed by atoms with E-state index in [1.807, 2.05) is 36.0 Å². The number of ether oxygens (including phenoxy) is 2. The summed E-state index contributed by atoms with van der Waals surface area (Å²) in [7, 11) is 3.68. The fourth-order valence-electron chi connectivity index (χ4n) is 6.15. The van der Waals surface area contributed by atoms with E-state index in [-0.39, 0.29) is 12.5 Å². The van der Waals surface area contributed by atoms with Gasteiger partial charge in [0.15, 0.2) is 18.1 Å². The average Bonchev–Trinajstić information content (AvgIpc) is 3.37. The normalized spacial score (nSPS) is 19.6. The number of aldehydes is 1. The van der Waals surface area contributed by atoms with Crippen LogP contribution in [0.3, 0.4) is 0 Å². The van der Waals surface area contributed by atoms with E-state index in [2.05, 4.69) is 13.8 Å². The first-order valence-electron chi connectivity index (χ1n) is 15.9. The monoisotopic (exact) mass is 545 g/mol. The molecular formula is C33H57N2O4+. The zero-order valence-electron chi connectivity index (χ0n) is 25.5. The van der Waals surface area contributed by atoms with Gasteiger partial charge in [0.25, 0.3) is 0 Å². The van der Waals surface area contributed by atoms with Gasteiger partial charge in [-0.2, -0.15) is 0 Å². The van der Waals surface area contributed by atoms with Crippen molar-refractivity contribution in [3.05, 3.63) is 30.1 Å². The lowest BCUT2D eigenvalue weighted by Gasteiger charge is -2.34. The maximum atomic E-state index is 12.8. The lowest BCUT2D eigenvalue weighted by Crippen LogP contribution is -2.47. The van der Waals surface area contributed by atoms with Gasteiger partial charge in [0.05, 0.1) is 0 Å². The minimum atomic E-state index is -1.02. The molecule has 1 aromatic rings. The molecule has 1 aliphatic rings. The van der Waals surface area contributed by atoms with Crippen LogP contribution in [-0.2, 0) is 27.9 Å². The number of amides is 1. The highest BCUT2D eigenvalue weighted by Gasteiger charge is 2.48. The fourth-order valence-corrected chi connectivity index (χ4v) is 6.15. The molecule has 1 unspecified atom stereocenters. The molecule has 6 nitrogen and oxygen atoms in total. The lowest BCUT2D eigenvalue weighted by molar-refractivity contribution is -0.680. The second-order valence-corrected chi connectivity index (χ2v) is 11.8. The highest BCUT2D eigenvalue weighted by molar-refractivity contribution is 5.69. The Morgan fingerprint density at radius 2 is 1.67 bits per heavy atom. The number of aryl methyl sites for hydroxylation is 1. The molecule has 222 valence electrons. The van der Waals surface area contributed by atoms with Crippen molar-refractivity contribution in [2.24, 2.45) is 18.9 Å². The van der Waals surface area contributed by atoms with Gasteiger partial charge in [-0.05, 0) is 12.3 Å². The summed E-state index contributed by atoms with van der Waals surface area (Å²) in [5.74, 6) is 0.526. The third-order valence-corrected chi connectivity index (χ3v) is 8.58. The molecule has 6 heteroatoms. The lowest BCUT2D eigenvalue weighted by atomic mass is 9.74. The molecule has 0 aliphatic carbocycles. The Morgan fingerprint density at radius 3 is 2.26 bits per heavy atom. The summed E-state index contributed by atoms with van der Waals surface area (Å²) in [6, 6.07) is 5.90. The molecule has 0 aromatic carbocycles. The van der Waals surface area contributed by atoms with Crippen LogP contribution in [0.25, 0.3) is 0 Å². The fraction of sp³-hybridized carbons (Fsp3) is 0.788. The highest BCUT2D eigenvalue weighted by Crippen LogP contribution is 2.41. The largest absolute Gasteiger partial charge is 0.446 e. The van der Waals surface area contributed by atoms with Gasteiger partial charge in [-0.3, -0.25) is 4.79 Å². The number of unbranched alkanes of at least 4 members (excludes halogenated alkanes) is 11. The SMILES string of the molecule is CCCCCCCCCCCCCCC(CCC)[C@H]1CCO[C@]1(C=O)COC(=O)N(C)Cc1cccc[n+]1C. The quantitative estimate of drug-likeness (QED) is 0.0908. The topological polar surface area (TPSA) is 59.7 Å². The Labute approximate surface area is 238 Å². The van der Waals surface area contributed by atoms with Crippen LogP contribution >= 0.6 is 0 Å². The van der Waals surface area contributed by atoms with E-state index in [4.69, 9.17) is 9.47 Å². The van der Waals surface area contributed by atoms with Gasteiger partial charge >= 0.3 is 6.09 Å². The first-order valence-corrected chi connectivity index (χ1v) is 15.9. The molecule has 39 heavy (non-hydrogen) atoms. The van der Waals surface area contributed by atoms with Crippen molar-refractivity contribution in [2.75, 3.05) is 20.3 Å². The number of rotatable bonds is 21. The van der Waals surface area contributed by atoms with Gasteiger partial charge in [-0.15, -0.1) is 0 Å². The second kappa shape index (κ2) is 19.2. The van der Waals surface area contributed by atoms with Crippen LogP contribution in [0.5, 0.6) is 0 Å². The molecule has 3 atom stereocenters. The molecule has 1 saturated heterocycles. The summed E-state index contributed by atoms with van der Waals surface area (Å²) in [5.41, 5.74) is -0.0207. The van der Waals surface area contributed by atoms with E-state index < -0.39 is 11.7 Å². The smallest absolute Gasteiger partial charge is 0.410 e. The zero-order chi connectivity index (χ0) is 28.3. The summed E-state index contributed by atoms with van der Waals surface area (Å²) in [5, 5.41) is 0. The summed E-state index contributed by atoms with van der Waals surface area (Å²) in [6.07, 6.45) is 22.7. The molecule has 2 rings (SSSR count). The Hall–Kier alpha value is -1.95. The number of aromatic nitrogens is 1. The summed E-state index contributed by atoms with van der Waals surface area (Å²) in [6.45, 7) is 5.47. The standard InChI is InChI=1S/C33H57N2O4/c1-5-7-8-9-10-11-12-13-14-15-16-17-21-29(20-6-2)31-23-25-39-33(31,27-36)28-38-32(37)35(4)26-30-22-18-19-24-34(30)3/h18-19,22,24,27,29,31H,5-17,20-21,23,25-26,28H2,1-4H3/q+1/t29?,31-,33-/m1/s1. The minimum Gasteiger partial charge on any atom is -0.446 e. The third-order valence-electron chi connectivity index (χ3n) is 8.58. The van der Waals surface area contributed by atoms with Crippen LogP contribution in [-0.4, -0.2) is 43.1 Å². The van der Waals surface area contributed by atoms with Crippen molar-refractivity contribution in [1.82, 2.24) is 4.90 Å². The first kappa shape index (κ1) is 33.3. The molecule has 0 saturated carbocycles. The van der Waals surface area contributed by atoms with Crippen molar-refractivity contribution < 1.29 is 23.6 Å². The zero-order valence-corrected chi connectivity index (χ0v) is 25.5. The maximum Gasteiger partial charge on any atom is 0.410 e. The van der Waals surface area contributed by atoms with Crippen molar-refractivity contribution in [1.29, 1.82) is 0 Å². The van der Waals surface area contributed by atoms with Gasteiger partial charge in [-0.25, -0.2) is 9.36 Å². The van der Waals surface area contributed by atoms with Gasteiger partial charge in [0, 0.05) is 31.7 Å². The average molecular weight is 546 g/mol. The van der Waals surface area contributed by atoms with Crippen molar-refractivity contribution in [3.8, 4) is 0 Å². The van der Waals surface area contributed by atoms with Gasteiger partial charge in [0.1, 0.15) is 20.2 Å². The number of carbonyl (C=O) groups excluding carboxylic acids is 2. The van der Waals surface area contributed by atoms with Gasteiger partial charge in [0.2, 0.25) is 5.69 Å². The van der Waals surface area contributed by atoms with E-state index in [1.165, 1.54) is 77.0 Å². The third kappa shape index (κ3) is 11.6. The minimum absolute atomic E-state index is 0.0100. The molecule has 0 radical (unpaired) electrons. The molecule has 1 aliphatic heterocycles. The van der Waals surface area contributed by atoms with Crippen LogP contribution in [0, 0.1) is 11.8 Å². The Balaban J connectivity index is 1.76. The molecular weight excluding hydrogens is 488 g/mol. The predicted molar refractivity (Wildman–Crippen MR) is 157 cm³/mol. The van der Waals surface area contributed by atoms with E-state index in [0.717, 1.165) is 37.7 Å². The van der Waals surface area contributed by atoms with Crippen LogP contribution in [0.2, 0.25) is 0 Å². The van der Waals surface area contributed by atoms with Gasteiger partial charge in [-0.1, -0.05) is 116 Å². The van der Waals surface area contributed by atoms with Crippen molar-refractivity contribution in [3.63, 3.8) is 0 Å². The summed E-state index contributed by atoms with van der Waals surface area (Å²) >= 11 is 0. The van der Waals surface area contributed by atoms with Crippen LogP contribution in [0.15, 0.2) is 24.4 Å². The van der Waals surface area contributed by atoms with Crippen molar-refractivity contribution >= 4 is 12.4 Å². The Bertz CT molecular complexity index is 817. The van der Waals surface area contributed by atoms with E-state index in [1.54, 1.807) is 11.9 Å². The highest BCUT2D eigenvalue weighted by atomic mass is 16.6. The molecule has 1 fully saturated rings. The van der Waals surface area contributed by atoms with Gasteiger partial charge < -0.3 is 14.4 Å². The molecule has 0 spiro atoms. The van der Waals surface area contributed by atoms with E-state index in [0.29, 0.717) is 19.1 Å². The van der Waals surface area contributed by atoms with Crippen LogP contribution < -0.4 is 4.57 Å². The molecule has 0 N–H and O–H groups in total.